The van der Waals surface area contributed by atoms with Crippen LogP contribution in [-0.4, -0.2) is 18.1 Å². The Kier molecular flexibility index (Phi) is 6.39. The molecular formula is C12H17BrFNS. The van der Waals surface area contributed by atoms with Crippen molar-refractivity contribution in [1.29, 1.82) is 0 Å². The average Bonchev–Trinajstić information content (AvgIpc) is 2.25. The number of halogens is 2. The Morgan fingerprint density at radius 2 is 2.25 bits per heavy atom. The van der Waals surface area contributed by atoms with Crippen LogP contribution < -0.4 is 5.32 Å². The molecule has 0 radical (unpaired) electrons. The van der Waals surface area contributed by atoms with Crippen LogP contribution in [-0.2, 0) is 6.54 Å². The van der Waals surface area contributed by atoms with Gasteiger partial charge in [-0.3, -0.25) is 0 Å². The maximum atomic E-state index is 12.9. The molecule has 0 saturated carbocycles. The van der Waals surface area contributed by atoms with E-state index in [1.807, 2.05) is 17.8 Å². The Labute approximate surface area is 109 Å². The summed E-state index contributed by atoms with van der Waals surface area (Å²) in [5, 5.41) is 3.43. The lowest BCUT2D eigenvalue weighted by molar-refractivity contribution is 0.536. The third kappa shape index (κ3) is 4.85. The SMILES string of the molecule is CSCCC(C)NCc1ccc(F)cc1Br. The van der Waals surface area contributed by atoms with Crippen molar-refractivity contribution in [3.05, 3.63) is 34.1 Å². The molecule has 1 aromatic carbocycles. The van der Waals surface area contributed by atoms with Crippen molar-refractivity contribution < 1.29 is 4.39 Å². The van der Waals surface area contributed by atoms with Crippen molar-refractivity contribution in [3.63, 3.8) is 0 Å². The Hall–Kier alpha value is -0.0600. The highest BCUT2D eigenvalue weighted by Gasteiger charge is 2.04. The molecule has 0 bridgehead atoms. The van der Waals surface area contributed by atoms with E-state index in [1.165, 1.54) is 17.9 Å². The van der Waals surface area contributed by atoms with Crippen LogP contribution in [0.15, 0.2) is 22.7 Å². The maximum absolute atomic E-state index is 12.9. The van der Waals surface area contributed by atoms with E-state index in [9.17, 15) is 4.39 Å². The van der Waals surface area contributed by atoms with E-state index in [0.717, 1.165) is 23.0 Å². The third-order valence-corrected chi connectivity index (χ3v) is 3.79. The second kappa shape index (κ2) is 7.30. The highest BCUT2D eigenvalue weighted by atomic mass is 79.9. The maximum Gasteiger partial charge on any atom is 0.124 e. The van der Waals surface area contributed by atoms with Crippen LogP contribution in [0.4, 0.5) is 4.39 Å². The molecule has 0 aliphatic rings. The molecule has 0 aliphatic carbocycles. The molecule has 0 aliphatic heterocycles. The largest absolute Gasteiger partial charge is 0.310 e. The fourth-order valence-electron chi connectivity index (χ4n) is 1.35. The molecule has 0 spiro atoms. The molecule has 1 unspecified atom stereocenters. The molecule has 0 fully saturated rings. The number of nitrogens with one attached hydrogen (secondary N) is 1. The minimum Gasteiger partial charge on any atom is -0.310 e. The summed E-state index contributed by atoms with van der Waals surface area (Å²) in [5.41, 5.74) is 1.09. The lowest BCUT2D eigenvalue weighted by Crippen LogP contribution is -2.26. The van der Waals surface area contributed by atoms with Gasteiger partial charge in [-0.25, -0.2) is 4.39 Å². The van der Waals surface area contributed by atoms with E-state index in [4.69, 9.17) is 0 Å². The van der Waals surface area contributed by atoms with E-state index in [2.05, 4.69) is 34.4 Å². The van der Waals surface area contributed by atoms with Gasteiger partial charge in [-0.05, 0) is 43.0 Å². The highest BCUT2D eigenvalue weighted by Crippen LogP contribution is 2.18. The number of rotatable bonds is 6. The van der Waals surface area contributed by atoms with Gasteiger partial charge in [0.15, 0.2) is 0 Å². The Morgan fingerprint density at radius 3 is 2.88 bits per heavy atom. The zero-order chi connectivity index (χ0) is 12.0. The Morgan fingerprint density at radius 1 is 1.50 bits per heavy atom. The number of hydrogen-bond acceptors (Lipinski definition) is 2. The van der Waals surface area contributed by atoms with Crippen molar-refractivity contribution in [1.82, 2.24) is 5.32 Å². The molecule has 1 N–H and O–H groups in total. The number of benzene rings is 1. The van der Waals surface area contributed by atoms with Crippen LogP contribution in [0.1, 0.15) is 18.9 Å². The molecule has 1 atom stereocenters. The van der Waals surface area contributed by atoms with Gasteiger partial charge in [0.2, 0.25) is 0 Å². The molecule has 1 aromatic rings. The molecule has 4 heteroatoms. The predicted molar refractivity (Wildman–Crippen MR) is 73.4 cm³/mol. The van der Waals surface area contributed by atoms with Gasteiger partial charge in [-0.1, -0.05) is 22.0 Å². The molecular weight excluding hydrogens is 289 g/mol. The van der Waals surface area contributed by atoms with Crippen molar-refractivity contribution in [2.45, 2.75) is 25.9 Å². The molecule has 0 amide bonds. The van der Waals surface area contributed by atoms with Crippen molar-refractivity contribution >= 4 is 27.7 Å². The van der Waals surface area contributed by atoms with Gasteiger partial charge in [0.1, 0.15) is 5.82 Å². The molecule has 90 valence electrons. The molecule has 1 rings (SSSR count). The summed E-state index contributed by atoms with van der Waals surface area (Å²) in [5.74, 6) is 0.963. The summed E-state index contributed by atoms with van der Waals surface area (Å²) in [4.78, 5) is 0. The third-order valence-electron chi connectivity index (χ3n) is 2.41. The monoisotopic (exact) mass is 305 g/mol. The molecule has 0 saturated heterocycles. The van der Waals surface area contributed by atoms with Gasteiger partial charge in [0.25, 0.3) is 0 Å². The van der Waals surface area contributed by atoms with Crippen molar-refractivity contribution in [2.75, 3.05) is 12.0 Å². The van der Waals surface area contributed by atoms with Gasteiger partial charge in [0, 0.05) is 17.1 Å². The minimum absolute atomic E-state index is 0.203. The van der Waals surface area contributed by atoms with Crippen LogP contribution in [0.2, 0.25) is 0 Å². The summed E-state index contributed by atoms with van der Waals surface area (Å²) in [7, 11) is 0. The van der Waals surface area contributed by atoms with Crippen molar-refractivity contribution in [2.24, 2.45) is 0 Å². The summed E-state index contributed by atoms with van der Waals surface area (Å²) < 4.78 is 13.7. The number of hydrogen-bond donors (Lipinski definition) is 1. The van der Waals surface area contributed by atoms with Gasteiger partial charge < -0.3 is 5.32 Å². The first-order valence-corrected chi connectivity index (χ1v) is 7.48. The zero-order valence-electron chi connectivity index (χ0n) is 9.59. The lowest BCUT2D eigenvalue weighted by Gasteiger charge is -2.13. The first kappa shape index (κ1) is 14.0. The Balaban J connectivity index is 2.42. The summed E-state index contributed by atoms with van der Waals surface area (Å²) in [6.07, 6.45) is 3.27. The van der Waals surface area contributed by atoms with Crippen molar-refractivity contribution in [3.8, 4) is 0 Å². The van der Waals surface area contributed by atoms with Gasteiger partial charge in [0.05, 0.1) is 0 Å². The minimum atomic E-state index is -0.203. The van der Waals surface area contributed by atoms with E-state index in [-0.39, 0.29) is 5.82 Å². The normalized spacial score (nSPS) is 12.8. The average molecular weight is 306 g/mol. The van der Waals surface area contributed by atoms with E-state index in [1.54, 1.807) is 0 Å². The van der Waals surface area contributed by atoms with E-state index < -0.39 is 0 Å². The number of thioether (sulfide) groups is 1. The van der Waals surface area contributed by atoms with Crippen LogP contribution in [0.3, 0.4) is 0 Å². The van der Waals surface area contributed by atoms with Crippen LogP contribution in [0.25, 0.3) is 0 Å². The lowest BCUT2D eigenvalue weighted by atomic mass is 10.2. The topological polar surface area (TPSA) is 12.0 Å². The van der Waals surface area contributed by atoms with Crippen LogP contribution >= 0.6 is 27.7 Å². The first-order valence-electron chi connectivity index (χ1n) is 5.29. The Bertz CT molecular complexity index is 333. The molecule has 1 nitrogen and oxygen atoms in total. The standard InChI is InChI=1S/C12H17BrFNS/c1-9(5-6-16-2)15-8-10-3-4-11(14)7-12(10)13/h3-4,7,9,15H,5-6,8H2,1-2H3. The second-order valence-corrected chi connectivity index (χ2v) is 5.64. The smallest absolute Gasteiger partial charge is 0.124 e. The van der Waals surface area contributed by atoms with E-state index in [0.29, 0.717) is 6.04 Å². The predicted octanol–water partition coefficient (Wildman–Crippen LogP) is 3.82. The fourth-order valence-corrected chi connectivity index (χ4v) is 2.43. The van der Waals surface area contributed by atoms with Crippen LogP contribution in [0.5, 0.6) is 0 Å². The quantitative estimate of drug-likeness (QED) is 0.857. The summed E-state index contributed by atoms with van der Waals surface area (Å²) >= 11 is 5.22. The van der Waals surface area contributed by atoms with Gasteiger partial charge in [-0.2, -0.15) is 11.8 Å². The molecule has 16 heavy (non-hydrogen) atoms. The first-order chi connectivity index (χ1) is 7.63. The van der Waals surface area contributed by atoms with Gasteiger partial charge in [-0.15, -0.1) is 0 Å². The highest BCUT2D eigenvalue weighted by molar-refractivity contribution is 9.10. The zero-order valence-corrected chi connectivity index (χ0v) is 12.0. The summed E-state index contributed by atoms with van der Waals surface area (Å²) in [6.45, 7) is 2.95. The van der Waals surface area contributed by atoms with Gasteiger partial charge >= 0.3 is 0 Å². The second-order valence-electron chi connectivity index (χ2n) is 3.80. The molecule has 0 aromatic heterocycles. The van der Waals surface area contributed by atoms with E-state index >= 15 is 0 Å². The van der Waals surface area contributed by atoms with Crippen LogP contribution in [0, 0.1) is 5.82 Å². The summed E-state index contributed by atoms with van der Waals surface area (Å²) in [6, 6.07) is 5.30. The molecule has 0 heterocycles. The fraction of sp³-hybridized carbons (Fsp3) is 0.500.